The van der Waals surface area contributed by atoms with Gasteiger partial charge in [0.2, 0.25) is 5.89 Å². The summed E-state index contributed by atoms with van der Waals surface area (Å²) in [5, 5.41) is 4.84. The van der Waals surface area contributed by atoms with E-state index in [-0.39, 0.29) is 12.3 Å². The molecule has 0 aliphatic carbocycles. The maximum Gasteiger partial charge on any atom is 0.319 e. The Kier molecular flexibility index (Phi) is 4.57. The van der Waals surface area contributed by atoms with E-state index in [1.54, 1.807) is 24.5 Å². The first-order chi connectivity index (χ1) is 11.4. The third-order valence-corrected chi connectivity index (χ3v) is 6.22. The van der Waals surface area contributed by atoms with Crippen LogP contribution in [-0.2, 0) is 9.84 Å². The molecule has 24 heavy (non-hydrogen) atoms. The number of oxazole rings is 1. The van der Waals surface area contributed by atoms with Crippen molar-refractivity contribution >= 4 is 21.6 Å². The number of hydrogen-bond donors (Lipinski definition) is 2. The van der Waals surface area contributed by atoms with Crippen LogP contribution < -0.4 is 10.6 Å². The molecule has 3 rings (SSSR count). The molecule has 2 N–H and O–H groups in total. The maximum absolute atomic E-state index is 12.0. The molecule has 1 saturated heterocycles. The molecule has 2 amide bonds. The number of benzene rings is 1. The molecule has 0 bridgehead atoms. The molecule has 1 fully saturated rings. The molecule has 0 radical (unpaired) electrons. The molecule has 1 unspecified atom stereocenters. The van der Waals surface area contributed by atoms with Gasteiger partial charge in [0, 0.05) is 17.8 Å². The molecule has 1 aliphatic heterocycles. The summed E-state index contributed by atoms with van der Waals surface area (Å²) in [5.41, 5.74) is 2.10. The second kappa shape index (κ2) is 6.64. The Morgan fingerprint density at radius 1 is 1.42 bits per heavy atom. The van der Waals surface area contributed by atoms with Crippen molar-refractivity contribution in [3.63, 3.8) is 0 Å². The van der Waals surface area contributed by atoms with Gasteiger partial charge in [-0.2, -0.15) is 0 Å². The van der Waals surface area contributed by atoms with Crippen molar-refractivity contribution in [1.29, 1.82) is 0 Å². The zero-order valence-electron chi connectivity index (χ0n) is 13.3. The molecule has 1 aromatic carbocycles. The van der Waals surface area contributed by atoms with E-state index in [9.17, 15) is 13.2 Å². The summed E-state index contributed by atoms with van der Waals surface area (Å²) >= 11 is 0. The zero-order valence-corrected chi connectivity index (χ0v) is 14.1. The van der Waals surface area contributed by atoms with Crippen LogP contribution in [0.3, 0.4) is 0 Å². The van der Waals surface area contributed by atoms with Gasteiger partial charge in [0.15, 0.2) is 9.84 Å². The fraction of sp³-hybridized carbons (Fsp3) is 0.375. The standard InChI is InChI=1S/C16H19N3O4S/c1-11-10-23-15(18-11)12-4-2-5-13(8-12)19-16(20)17-9-14-6-3-7-24(14,21)22/h2,4-5,8,10,14H,3,6-7,9H2,1H3,(H2,17,19,20). The van der Waals surface area contributed by atoms with E-state index >= 15 is 0 Å². The molecule has 1 aromatic heterocycles. The fourth-order valence-corrected chi connectivity index (χ4v) is 4.45. The molecular weight excluding hydrogens is 330 g/mol. The van der Waals surface area contributed by atoms with Gasteiger partial charge in [-0.3, -0.25) is 0 Å². The van der Waals surface area contributed by atoms with Gasteiger partial charge in [0.05, 0.1) is 16.7 Å². The van der Waals surface area contributed by atoms with Crippen LogP contribution in [0.25, 0.3) is 11.5 Å². The van der Waals surface area contributed by atoms with Crippen LogP contribution in [0.15, 0.2) is 34.9 Å². The molecule has 2 aromatic rings. The molecule has 0 saturated carbocycles. The predicted molar refractivity (Wildman–Crippen MR) is 90.5 cm³/mol. The van der Waals surface area contributed by atoms with Gasteiger partial charge in [0.25, 0.3) is 0 Å². The average molecular weight is 349 g/mol. The minimum absolute atomic E-state index is 0.132. The monoisotopic (exact) mass is 349 g/mol. The molecule has 8 heteroatoms. The van der Waals surface area contributed by atoms with Crippen molar-refractivity contribution in [3.05, 3.63) is 36.2 Å². The van der Waals surface area contributed by atoms with Crippen LogP contribution in [0.4, 0.5) is 10.5 Å². The fourth-order valence-electron chi connectivity index (χ4n) is 2.69. The van der Waals surface area contributed by atoms with E-state index < -0.39 is 21.1 Å². The smallest absolute Gasteiger partial charge is 0.319 e. The molecule has 0 spiro atoms. The highest BCUT2D eigenvalue weighted by Crippen LogP contribution is 2.22. The Morgan fingerprint density at radius 2 is 2.25 bits per heavy atom. The molecule has 2 heterocycles. The van der Waals surface area contributed by atoms with Gasteiger partial charge < -0.3 is 15.1 Å². The molecule has 1 atom stereocenters. The molecule has 1 aliphatic rings. The highest BCUT2D eigenvalue weighted by atomic mass is 32.2. The summed E-state index contributed by atoms with van der Waals surface area (Å²) in [6, 6.07) is 6.67. The molecule has 7 nitrogen and oxygen atoms in total. The van der Waals surface area contributed by atoms with Crippen molar-refractivity contribution in [2.75, 3.05) is 17.6 Å². The van der Waals surface area contributed by atoms with Gasteiger partial charge in [-0.1, -0.05) is 6.07 Å². The lowest BCUT2D eigenvalue weighted by molar-refractivity contribution is 0.252. The third kappa shape index (κ3) is 3.76. The van der Waals surface area contributed by atoms with Crippen molar-refractivity contribution < 1.29 is 17.6 Å². The number of urea groups is 1. The van der Waals surface area contributed by atoms with Crippen molar-refractivity contribution in [2.24, 2.45) is 0 Å². The van der Waals surface area contributed by atoms with Gasteiger partial charge in [0.1, 0.15) is 6.26 Å². The Morgan fingerprint density at radius 3 is 2.92 bits per heavy atom. The van der Waals surface area contributed by atoms with Crippen LogP contribution in [0.1, 0.15) is 18.5 Å². The summed E-state index contributed by atoms with van der Waals surface area (Å²) in [4.78, 5) is 16.2. The Hall–Kier alpha value is -2.35. The number of hydrogen-bond acceptors (Lipinski definition) is 5. The van der Waals surface area contributed by atoms with Gasteiger partial charge in [-0.15, -0.1) is 0 Å². The summed E-state index contributed by atoms with van der Waals surface area (Å²) in [6.45, 7) is 1.96. The van der Waals surface area contributed by atoms with Crippen molar-refractivity contribution in [3.8, 4) is 11.5 Å². The van der Waals surface area contributed by atoms with E-state index in [2.05, 4.69) is 15.6 Å². The minimum Gasteiger partial charge on any atom is -0.444 e. The van der Waals surface area contributed by atoms with Crippen molar-refractivity contribution in [2.45, 2.75) is 25.0 Å². The van der Waals surface area contributed by atoms with Crippen LogP contribution in [0.2, 0.25) is 0 Å². The summed E-state index contributed by atoms with van der Waals surface area (Å²) in [5.74, 6) is 0.687. The first-order valence-electron chi connectivity index (χ1n) is 7.73. The largest absolute Gasteiger partial charge is 0.444 e. The van der Waals surface area contributed by atoms with E-state index in [4.69, 9.17) is 4.42 Å². The van der Waals surface area contributed by atoms with E-state index in [0.29, 0.717) is 24.4 Å². The Bertz CT molecular complexity index is 845. The second-order valence-electron chi connectivity index (χ2n) is 5.84. The van der Waals surface area contributed by atoms with E-state index in [1.807, 2.05) is 13.0 Å². The normalized spacial score (nSPS) is 19.1. The third-order valence-electron chi connectivity index (χ3n) is 3.94. The first-order valence-corrected chi connectivity index (χ1v) is 9.44. The number of amides is 2. The quantitative estimate of drug-likeness (QED) is 0.882. The molecular formula is C16H19N3O4S. The lowest BCUT2D eigenvalue weighted by Crippen LogP contribution is -2.37. The number of sulfone groups is 1. The maximum atomic E-state index is 12.0. The number of anilines is 1. The zero-order chi connectivity index (χ0) is 17.2. The summed E-state index contributed by atoms with van der Waals surface area (Å²) in [7, 11) is -3.06. The average Bonchev–Trinajstić information content (AvgIpc) is 3.11. The van der Waals surface area contributed by atoms with Crippen LogP contribution >= 0.6 is 0 Å². The van der Waals surface area contributed by atoms with E-state index in [0.717, 1.165) is 11.3 Å². The van der Waals surface area contributed by atoms with Gasteiger partial charge in [-0.05, 0) is 38.0 Å². The van der Waals surface area contributed by atoms with Gasteiger partial charge in [-0.25, -0.2) is 18.2 Å². The Balaban J connectivity index is 1.60. The number of carbonyl (C=O) groups excluding carboxylic acids is 1. The summed E-state index contributed by atoms with van der Waals surface area (Å²) in [6.07, 6.45) is 2.82. The van der Waals surface area contributed by atoms with E-state index in [1.165, 1.54) is 0 Å². The van der Waals surface area contributed by atoms with Crippen LogP contribution in [0.5, 0.6) is 0 Å². The number of rotatable bonds is 4. The summed E-state index contributed by atoms with van der Waals surface area (Å²) < 4.78 is 28.8. The number of carbonyl (C=O) groups is 1. The second-order valence-corrected chi connectivity index (χ2v) is 8.24. The SMILES string of the molecule is Cc1coc(-c2cccc(NC(=O)NCC3CCCS3(=O)=O)c2)n1. The highest BCUT2D eigenvalue weighted by molar-refractivity contribution is 7.92. The first kappa shape index (κ1) is 16.5. The Labute approximate surface area is 140 Å². The topological polar surface area (TPSA) is 101 Å². The number of nitrogens with one attached hydrogen (secondary N) is 2. The highest BCUT2D eigenvalue weighted by Gasteiger charge is 2.31. The minimum atomic E-state index is -3.06. The predicted octanol–water partition coefficient (Wildman–Crippen LogP) is 2.35. The van der Waals surface area contributed by atoms with Crippen LogP contribution in [0, 0.1) is 6.92 Å². The van der Waals surface area contributed by atoms with Gasteiger partial charge >= 0.3 is 6.03 Å². The number of nitrogens with zero attached hydrogens (tertiary/aromatic N) is 1. The molecule has 128 valence electrons. The van der Waals surface area contributed by atoms with Crippen LogP contribution in [-0.4, -0.2) is 37.0 Å². The lowest BCUT2D eigenvalue weighted by atomic mass is 10.2. The lowest BCUT2D eigenvalue weighted by Gasteiger charge is -2.12. The number of aromatic nitrogens is 1. The number of aryl methyl sites for hydroxylation is 1. The van der Waals surface area contributed by atoms with Crippen molar-refractivity contribution in [1.82, 2.24) is 10.3 Å².